The fraction of sp³-hybridized carbons (Fsp3) is 0.316. The van der Waals surface area contributed by atoms with Crippen LogP contribution >= 0.6 is 0 Å². The predicted octanol–water partition coefficient (Wildman–Crippen LogP) is 3.89. The minimum absolute atomic E-state index is 0.232. The Morgan fingerprint density at radius 2 is 1.33 bits per heavy atom. The van der Waals surface area contributed by atoms with Crippen molar-refractivity contribution < 1.29 is 19.0 Å². The van der Waals surface area contributed by atoms with Crippen molar-refractivity contribution in [2.75, 3.05) is 26.6 Å². The molecule has 0 saturated heterocycles. The highest BCUT2D eigenvalue weighted by Crippen LogP contribution is 2.38. The van der Waals surface area contributed by atoms with Crippen LogP contribution in [0, 0.1) is 20.8 Å². The lowest BCUT2D eigenvalue weighted by Gasteiger charge is -2.16. The molecule has 0 atom stereocenters. The van der Waals surface area contributed by atoms with Crippen LogP contribution in [0.4, 0.5) is 5.69 Å². The lowest BCUT2D eigenvalue weighted by Crippen LogP contribution is -2.14. The second-order valence-electron chi connectivity index (χ2n) is 5.64. The summed E-state index contributed by atoms with van der Waals surface area (Å²) in [4.78, 5) is 12.7. The van der Waals surface area contributed by atoms with E-state index in [1.54, 1.807) is 12.1 Å². The molecule has 0 aliphatic heterocycles. The quantitative estimate of drug-likeness (QED) is 0.904. The molecule has 0 unspecified atom stereocenters. The van der Waals surface area contributed by atoms with Gasteiger partial charge in [-0.25, -0.2) is 0 Å². The molecular formula is C19H23NO4. The van der Waals surface area contributed by atoms with Gasteiger partial charge in [0.25, 0.3) is 5.91 Å². The van der Waals surface area contributed by atoms with Crippen molar-refractivity contribution in [3.05, 3.63) is 46.5 Å². The number of amides is 1. The number of hydrogen-bond donors (Lipinski definition) is 1. The first-order chi connectivity index (χ1) is 11.4. The maximum Gasteiger partial charge on any atom is 0.255 e. The summed E-state index contributed by atoms with van der Waals surface area (Å²) in [7, 11) is 4.57. The van der Waals surface area contributed by atoms with Gasteiger partial charge in [0, 0.05) is 11.3 Å². The summed E-state index contributed by atoms with van der Waals surface area (Å²) in [6, 6.07) is 7.35. The van der Waals surface area contributed by atoms with Crippen molar-refractivity contribution in [2.45, 2.75) is 20.8 Å². The van der Waals surface area contributed by atoms with Crippen LogP contribution < -0.4 is 19.5 Å². The van der Waals surface area contributed by atoms with E-state index in [0.717, 1.165) is 22.4 Å². The molecule has 1 amide bonds. The highest BCUT2D eigenvalue weighted by Gasteiger charge is 2.18. The maximum absolute atomic E-state index is 12.7. The Hall–Kier alpha value is -2.69. The molecule has 0 bridgehead atoms. The van der Waals surface area contributed by atoms with Gasteiger partial charge in [-0.15, -0.1) is 0 Å². The van der Waals surface area contributed by atoms with Crippen LogP contribution in [-0.2, 0) is 0 Å². The molecule has 2 aromatic rings. The largest absolute Gasteiger partial charge is 0.493 e. The van der Waals surface area contributed by atoms with Crippen LogP contribution in [0.25, 0.3) is 0 Å². The predicted molar refractivity (Wildman–Crippen MR) is 94.7 cm³/mol. The van der Waals surface area contributed by atoms with Gasteiger partial charge < -0.3 is 19.5 Å². The van der Waals surface area contributed by atoms with Crippen LogP contribution in [0.1, 0.15) is 27.0 Å². The molecule has 1 N–H and O–H groups in total. The Balaban J connectivity index is 2.40. The Morgan fingerprint density at radius 1 is 0.833 bits per heavy atom. The summed E-state index contributed by atoms with van der Waals surface area (Å²) in [5.41, 5.74) is 4.46. The summed E-state index contributed by atoms with van der Waals surface area (Å²) in [6.45, 7) is 5.99. The van der Waals surface area contributed by atoms with E-state index < -0.39 is 0 Å². The van der Waals surface area contributed by atoms with Gasteiger partial charge in [-0.05, 0) is 44.0 Å². The van der Waals surface area contributed by atoms with Crippen LogP contribution in [0.5, 0.6) is 17.2 Å². The number of ether oxygens (including phenoxy) is 3. The van der Waals surface area contributed by atoms with Crippen LogP contribution in [0.15, 0.2) is 24.3 Å². The third kappa shape index (κ3) is 3.45. The lowest BCUT2D eigenvalue weighted by atomic mass is 10.0. The van der Waals surface area contributed by atoms with Crippen molar-refractivity contribution in [1.82, 2.24) is 0 Å². The van der Waals surface area contributed by atoms with Crippen molar-refractivity contribution in [2.24, 2.45) is 0 Å². The van der Waals surface area contributed by atoms with Gasteiger partial charge in [0.05, 0.1) is 21.3 Å². The zero-order valence-corrected chi connectivity index (χ0v) is 14.9. The molecule has 0 aromatic heterocycles. The van der Waals surface area contributed by atoms with E-state index in [0.29, 0.717) is 22.8 Å². The van der Waals surface area contributed by atoms with Crippen molar-refractivity contribution in [3.63, 3.8) is 0 Å². The zero-order valence-electron chi connectivity index (χ0n) is 14.9. The maximum atomic E-state index is 12.7. The topological polar surface area (TPSA) is 56.8 Å². The van der Waals surface area contributed by atoms with Gasteiger partial charge in [-0.1, -0.05) is 17.7 Å². The van der Waals surface area contributed by atoms with Gasteiger partial charge in [0.15, 0.2) is 11.5 Å². The first-order valence-corrected chi connectivity index (χ1v) is 7.60. The molecule has 0 aliphatic carbocycles. The SMILES string of the molecule is COc1cc(C(=O)Nc2c(C)cc(C)cc2C)cc(OC)c1OC. The van der Waals surface area contributed by atoms with E-state index in [2.05, 4.69) is 5.32 Å². The third-order valence-electron chi connectivity index (χ3n) is 3.84. The van der Waals surface area contributed by atoms with E-state index >= 15 is 0 Å². The average molecular weight is 329 g/mol. The van der Waals surface area contributed by atoms with Gasteiger partial charge >= 0.3 is 0 Å². The normalized spacial score (nSPS) is 10.2. The number of anilines is 1. The number of nitrogens with one attached hydrogen (secondary N) is 1. The molecule has 5 heteroatoms. The summed E-state index contributed by atoms with van der Waals surface area (Å²) >= 11 is 0. The van der Waals surface area contributed by atoms with Crippen molar-refractivity contribution >= 4 is 11.6 Å². The molecule has 2 aromatic carbocycles. The third-order valence-corrected chi connectivity index (χ3v) is 3.84. The second kappa shape index (κ2) is 7.25. The fourth-order valence-corrected chi connectivity index (χ4v) is 2.78. The van der Waals surface area contributed by atoms with Gasteiger partial charge in [-0.2, -0.15) is 0 Å². The smallest absolute Gasteiger partial charge is 0.255 e. The number of methoxy groups -OCH3 is 3. The summed E-state index contributed by atoms with van der Waals surface area (Å²) in [5, 5.41) is 2.97. The second-order valence-corrected chi connectivity index (χ2v) is 5.64. The molecule has 0 radical (unpaired) electrons. The van der Waals surface area contributed by atoms with E-state index in [1.807, 2.05) is 32.9 Å². The summed E-state index contributed by atoms with van der Waals surface area (Å²) in [6.07, 6.45) is 0. The van der Waals surface area contributed by atoms with Crippen LogP contribution in [0.3, 0.4) is 0 Å². The first kappa shape index (κ1) is 17.7. The van der Waals surface area contributed by atoms with Gasteiger partial charge in [0.1, 0.15) is 0 Å². The molecular weight excluding hydrogens is 306 g/mol. The Kier molecular flexibility index (Phi) is 5.34. The van der Waals surface area contributed by atoms with Crippen molar-refractivity contribution in [1.29, 1.82) is 0 Å². The number of hydrogen-bond acceptors (Lipinski definition) is 4. The number of carbonyl (C=O) groups excluding carboxylic acids is 1. The monoisotopic (exact) mass is 329 g/mol. The number of rotatable bonds is 5. The van der Waals surface area contributed by atoms with Gasteiger partial charge in [0.2, 0.25) is 5.75 Å². The molecule has 0 heterocycles. The van der Waals surface area contributed by atoms with Gasteiger partial charge in [-0.3, -0.25) is 4.79 Å². The Bertz CT molecular complexity index is 720. The van der Waals surface area contributed by atoms with Crippen molar-refractivity contribution in [3.8, 4) is 17.2 Å². The van der Waals surface area contributed by atoms with E-state index in [-0.39, 0.29) is 5.91 Å². The minimum atomic E-state index is -0.232. The van der Waals surface area contributed by atoms with Crippen LogP contribution in [-0.4, -0.2) is 27.2 Å². The van der Waals surface area contributed by atoms with E-state index in [4.69, 9.17) is 14.2 Å². The molecule has 0 spiro atoms. The Labute approximate surface area is 142 Å². The molecule has 2 rings (SSSR count). The van der Waals surface area contributed by atoms with E-state index in [9.17, 15) is 4.79 Å². The molecule has 0 fully saturated rings. The fourth-order valence-electron chi connectivity index (χ4n) is 2.78. The van der Waals surface area contributed by atoms with Crippen LogP contribution in [0.2, 0.25) is 0 Å². The minimum Gasteiger partial charge on any atom is -0.493 e. The molecule has 24 heavy (non-hydrogen) atoms. The highest BCUT2D eigenvalue weighted by molar-refractivity contribution is 6.05. The first-order valence-electron chi connectivity index (χ1n) is 7.60. The highest BCUT2D eigenvalue weighted by atomic mass is 16.5. The average Bonchev–Trinajstić information content (AvgIpc) is 2.56. The molecule has 0 aliphatic rings. The number of aryl methyl sites for hydroxylation is 3. The standard InChI is InChI=1S/C19H23NO4/c1-11-7-12(2)17(13(3)8-11)20-19(21)14-9-15(22-4)18(24-6)16(10-14)23-5/h7-10H,1-6H3,(H,20,21). The lowest BCUT2D eigenvalue weighted by molar-refractivity contribution is 0.102. The number of carbonyl (C=O) groups is 1. The van der Waals surface area contributed by atoms with E-state index in [1.165, 1.54) is 21.3 Å². The number of benzene rings is 2. The molecule has 0 saturated carbocycles. The zero-order chi connectivity index (χ0) is 17.9. The molecule has 128 valence electrons. The summed E-state index contributed by atoms with van der Waals surface area (Å²) in [5.74, 6) is 1.11. The molecule has 5 nitrogen and oxygen atoms in total. The summed E-state index contributed by atoms with van der Waals surface area (Å²) < 4.78 is 15.9. The Morgan fingerprint density at radius 3 is 1.75 bits per heavy atom.